The van der Waals surface area contributed by atoms with Crippen LogP contribution in [-0.4, -0.2) is 16.7 Å². The van der Waals surface area contributed by atoms with Crippen molar-refractivity contribution in [2.75, 3.05) is 0 Å². The first-order valence-electron chi connectivity index (χ1n) is 7.56. The van der Waals surface area contributed by atoms with E-state index in [0.717, 1.165) is 11.1 Å². The molecule has 1 aromatic heterocycles. The second-order valence-corrected chi connectivity index (χ2v) is 6.55. The topological polar surface area (TPSA) is 54.4 Å². The van der Waals surface area contributed by atoms with Crippen LogP contribution in [0.2, 0.25) is 0 Å². The number of nitrogens with zero attached hydrogens (tertiary/aromatic N) is 2. The number of hydrogen-bond acceptors (Lipinski definition) is 3. The lowest BCUT2D eigenvalue weighted by atomic mass is 9.86. The fraction of sp³-hybridized carbons (Fsp3) is 0.211. The van der Waals surface area contributed by atoms with E-state index in [4.69, 9.17) is 0 Å². The van der Waals surface area contributed by atoms with E-state index < -0.39 is 0 Å². The maximum atomic E-state index is 12.1. The van der Waals surface area contributed by atoms with Gasteiger partial charge in [0, 0.05) is 18.0 Å². The number of aliphatic imine (C=N–C) groups is 1. The molecule has 1 amide bonds. The van der Waals surface area contributed by atoms with Crippen molar-refractivity contribution in [3.63, 3.8) is 0 Å². The van der Waals surface area contributed by atoms with E-state index in [1.807, 2.05) is 24.3 Å². The highest BCUT2D eigenvalue weighted by Gasteiger charge is 2.21. The second-order valence-electron chi connectivity index (χ2n) is 6.55. The molecule has 0 aliphatic carbocycles. The van der Waals surface area contributed by atoms with Gasteiger partial charge in [0.25, 0.3) is 5.91 Å². The molecule has 1 N–H and O–H groups in total. The number of nitrogens with one attached hydrogen (secondary N) is 1. The third-order valence-corrected chi connectivity index (χ3v) is 3.73. The van der Waals surface area contributed by atoms with Crippen molar-refractivity contribution in [2.24, 2.45) is 4.99 Å². The summed E-state index contributed by atoms with van der Waals surface area (Å²) in [5.41, 5.74) is 3.57. The van der Waals surface area contributed by atoms with Gasteiger partial charge in [0.15, 0.2) is 0 Å². The van der Waals surface area contributed by atoms with Crippen LogP contribution in [0.4, 0.5) is 0 Å². The lowest BCUT2D eigenvalue weighted by Crippen LogP contribution is -2.24. The molecule has 0 spiro atoms. The van der Waals surface area contributed by atoms with E-state index in [1.54, 1.807) is 18.5 Å². The van der Waals surface area contributed by atoms with Crippen molar-refractivity contribution in [1.82, 2.24) is 10.3 Å². The van der Waals surface area contributed by atoms with E-state index >= 15 is 0 Å². The van der Waals surface area contributed by atoms with Gasteiger partial charge in [0.05, 0.1) is 0 Å². The standard InChI is InChI=1S/C19H19N3O/c1-19(2,3)15-6-4-14(5-7-15)17-21-16(18(23)22-17)12-13-8-10-20-11-9-13/h4-12H,1-3H3,(H,21,22,23)/b16-12+. The van der Waals surface area contributed by atoms with Gasteiger partial charge in [0.1, 0.15) is 11.5 Å². The van der Waals surface area contributed by atoms with Crippen LogP contribution in [-0.2, 0) is 10.2 Å². The number of benzene rings is 1. The van der Waals surface area contributed by atoms with Crippen molar-refractivity contribution in [1.29, 1.82) is 0 Å². The quantitative estimate of drug-likeness (QED) is 0.866. The number of carbonyl (C=O) groups is 1. The lowest BCUT2D eigenvalue weighted by molar-refractivity contribution is -0.115. The number of pyridine rings is 1. The highest BCUT2D eigenvalue weighted by atomic mass is 16.2. The summed E-state index contributed by atoms with van der Waals surface area (Å²) in [6.07, 6.45) is 5.14. The summed E-state index contributed by atoms with van der Waals surface area (Å²) in [5, 5.41) is 2.83. The van der Waals surface area contributed by atoms with Gasteiger partial charge in [-0.3, -0.25) is 9.78 Å². The van der Waals surface area contributed by atoms with Gasteiger partial charge in [-0.2, -0.15) is 0 Å². The van der Waals surface area contributed by atoms with E-state index in [0.29, 0.717) is 11.5 Å². The fourth-order valence-electron chi connectivity index (χ4n) is 2.35. The van der Waals surface area contributed by atoms with Crippen LogP contribution in [0, 0.1) is 0 Å². The van der Waals surface area contributed by atoms with Crippen LogP contribution in [0.25, 0.3) is 6.08 Å². The average molecular weight is 305 g/mol. The Kier molecular flexibility index (Phi) is 3.82. The van der Waals surface area contributed by atoms with E-state index in [1.165, 1.54) is 5.56 Å². The molecular formula is C19H19N3O. The molecule has 0 fully saturated rings. The molecule has 0 unspecified atom stereocenters. The summed E-state index contributed by atoms with van der Waals surface area (Å²) < 4.78 is 0. The number of aromatic nitrogens is 1. The highest BCUT2D eigenvalue weighted by molar-refractivity contribution is 6.19. The first-order valence-corrected chi connectivity index (χ1v) is 7.56. The van der Waals surface area contributed by atoms with Crippen molar-refractivity contribution in [3.05, 3.63) is 71.2 Å². The Bertz CT molecular complexity index is 782. The molecule has 116 valence electrons. The largest absolute Gasteiger partial charge is 0.305 e. The van der Waals surface area contributed by atoms with E-state index in [9.17, 15) is 4.79 Å². The van der Waals surface area contributed by atoms with Gasteiger partial charge in [-0.25, -0.2) is 4.99 Å². The minimum absolute atomic E-state index is 0.103. The first-order chi connectivity index (χ1) is 10.9. The number of rotatable bonds is 2. The molecular weight excluding hydrogens is 286 g/mol. The molecule has 2 aromatic rings. The Morgan fingerprint density at radius 3 is 2.26 bits per heavy atom. The first kappa shape index (κ1) is 15.2. The molecule has 2 heterocycles. The zero-order valence-electron chi connectivity index (χ0n) is 13.5. The molecule has 1 aliphatic heterocycles. The molecule has 1 aliphatic rings. The van der Waals surface area contributed by atoms with Crippen LogP contribution in [0.5, 0.6) is 0 Å². The smallest absolute Gasteiger partial charge is 0.275 e. The van der Waals surface area contributed by atoms with Crippen LogP contribution >= 0.6 is 0 Å². The van der Waals surface area contributed by atoms with Crippen LogP contribution in [0.15, 0.2) is 59.5 Å². The Balaban J connectivity index is 1.88. The normalized spacial score (nSPS) is 16.4. The van der Waals surface area contributed by atoms with Gasteiger partial charge in [-0.15, -0.1) is 0 Å². The molecule has 23 heavy (non-hydrogen) atoms. The summed E-state index contributed by atoms with van der Waals surface area (Å²) >= 11 is 0. The second kappa shape index (κ2) is 5.80. The van der Waals surface area contributed by atoms with Gasteiger partial charge in [-0.1, -0.05) is 45.0 Å². The Hall–Kier alpha value is -2.75. The van der Waals surface area contributed by atoms with Crippen molar-refractivity contribution in [3.8, 4) is 0 Å². The number of amidine groups is 1. The molecule has 1 aromatic carbocycles. The van der Waals surface area contributed by atoms with E-state index in [-0.39, 0.29) is 11.3 Å². The summed E-state index contributed by atoms with van der Waals surface area (Å²) in [4.78, 5) is 20.5. The Morgan fingerprint density at radius 2 is 1.65 bits per heavy atom. The average Bonchev–Trinajstić information content (AvgIpc) is 2.89. The van der Waals surface area contributed by atoms with Gasteiger partial charge in [0.2, 0.25) is 0 Å². The van der Waals surface area contributed by atoms with Crippen molar-refractivity contribution < 1.29 is 4.79 Å². The molecule has 4 nitrogen and oxygen atoms in total. The van der Waals surface area contributed by atoms with E-state index in [2.05, 4.69) is 48.2 Å². The molecule has 0 atom stereocenters. The van der Waals surface area contributed by atoms with Gasteiger partial charge >= 0.3 is 0 Å². The molecule has 0 radical (unpaired) electrons. The predicted octanol–water partition coefficient (Wildman–Crippen LogP) is 3.30. The maximum Gasteiger partial charge on any atom is 0.275 e. The third-order valence-electron chi connectivity index (χ3n) is 3.73. The number of carbonyl (C=O) groups excluding carboxylic acids is 1. The molecule has 0 bridgehead atoms. The molecule has 3 rings (SSSR count). The molecule has 0 saturated carbocycles. The molecule has 4 heteroatoms. The minimum Gasteiger partial charge on any atom is -0.305 e. The highest BCUT2D eigenvalue weighted by Crippen LogP contribution is 2.23. The lowest BCUT2D eigenvalue weighted by Gasteiger charge is -2.19. The Labute approximate surface area is 136 Å². The van der Waals surface area contributed by atoms with Crippen molar-refractivity contribution >= 4 is 17.8 Å². The number of amides is 1. The summed E-state index contributed by atoms with van der Waals surface area (Å²) in [5.74, 6) is 0.410. The minimum atomic E-state index is -0.184. The summed E-state index contributed by atoms with van der Waals surface area (Å²) in [6, 6.07) is 11.8. The zero-order chi connectivity index (χ0) is 16.4. The predicted molar refractivity (Wildman–Crippen MR) is 92.0 cm³/mol. The monoisotopic (exact) mass is 305 g/mol. The SMILES string of the molecule is CC(C)(C)c1ccc(C2=N/C(=C/c3ccncc3)C(=O)N2)cc1. The fourth-order valence-corrected chi connectivity index (χ4v) is 2.35. The van der Waals surface area contributed by atoms with Crippen LogP contribution in [0.1, 0.15) is 37.5 Å². The number of hydrogen-bond donors (Lipinski definition) is 1. The zero-order valence-corrected chi connectivity index (χ0v) is 13.5. The van der Waals surface area contributed by atoms with Crippen molar-refractivity contribution in [2.45, 2.75) is 26.2 Å². The van der Waals surface area contributed by atoms with Crippen LogP contribution < -0.4 is 5.32 Å². The van der Waals surface area contributed by atoms with Gasteiger partial charge < -0.3 is 5.32 Å². The molecule has 0 saturated heterocycles. The summed E-state index contributed by atoms with van der Waals surface area (Å²) in [7, 11) is 0. The van der Waals surface area contributed by atoms with Crippen LogP contribution in [0.3, 0.4) is 0 Å². The van der Waals surface area contributed by atoms with Gasteiger partial charge in [-0.05, 0) is 34.8 Å². The maximum absolute atomic E-state index is 12.1. The summed E-state index contributed by atoms with van der Waals surface area (Å²) in [6.45, 7) is 6.52. The Morgan fingerprint density at radius 1 is 1.00 bits per heavy atom. The third kappa shape index (κ3) is 3.37.